The van der Waals surface area contributed by atoms with Gasteiger partial charge in [0.25, 0.3) is 5.92 Å². The van der Waals surface area contributed by atoms with Crippen molar-refractivity contribution in [2.24, 2.45) is 0 Å². The second-order valence-electron chi connectivity index (χ2n) is 8.70. The van der Waals surface area contributed by atoms with E-state index in [1.807, 2.05) is 0 Å². The number of nitrogens with zero attached hydrogens (tertiary/aromatic N) is 6. The molecule has 1 aliphatic heterocycles. The Morgan fingerprint density at radius 3 is 2.75 bits per heavy atom. The van der Waals surface area contributed by atoms with E-state index in [1.54, 1.807) is 30.5 Å². The van der Waals surface area contributed by atoms with Crippen LogP contribution in [0.25, 0.3) is 27.7 Å². The molecular formula is C23H24F5N7O. The number of halogens is 5. The van der Waals surface area contributed by atoms with Crippen molar-refractivity contribution >= 4 is 22.5 Å². The van der Waals surface area contributed by atoms with Crippen LogP contribution in [0.3, 0.4) is 0 Å². The molecule has 4 heterocycles. The number of nitrogens with one attached hydrogen (secondary N) is 1. The Bertz CT molecular complexity index is 1530. The summed E-state index contributed by atoms with van der Waals surface area (Å²) in [4.78, 5) is 9.22. The number of anilines is 1. The molecular weight excluding hydrogens is 485 g/mol. The number of likely N-dealkylation sites (tertiary alicyclic amines) is 1. The number of fused-ring (bicyclic) bond motifs is 2. The van der Waals surface area contributed by atoms with Crippen LogP contribution in [0.4, 0.5) is 27.9 Å². The van der Waals surface area contributed by atoms with Crippen molar-refractivity contribution in [3.05, 3.63) is 36.3 Å². The highest BCUT2D eigenvalue weighted by atomic mass is 19.4. The second kappa shape index (κ2) is 8.57. The third-order valence-corrected chi connectivity index (χ3v) is 6.16. The number of alkyl halides is 5. The number of methoxy groups -OCH3 is 1. The van der Waals surface area contributed by atoms with Gasteiger partial charge in [-0.15, -0.1) is 5.10 Å². The quantitative estimate of drug-likeness (QED) is 0.401. The first-order valence-corrected chi connectivity index (χ1v) is 11.0. The van der Waals surface area contributed by atoms with Crippen molar-refractivity contribution in [2.75, 3.05) is 32.5 Å². The summed E-state index contributed by atoms with van der Waals surface area (Å²) in [7, 11) is 1.34. The zero-order chi connectivity index (χ0) is 28.3. The van der Waals surface area contributed by atoms with Crippen molar-refractivity contribution in [1.82, 2.24) is 29.0 Å². The Labute approximate surface area is 206 Å². The molecule has 1 aromatic carbocycles. The standard InChI is InChI=1S/C23H24F5N7O/c1-13-29-16-5-4-14(10-17(16)34(13)12-23(26,27)28)15-6-9-35-19(15)20(36-3)31-21(32-35)30-18-7-8-33(2)11-22(18,24)25/h4-6,9-10,18H,7-8,11-12H2,1-3H3,(H,30,32)/t18-/m1/s1/i2D3. The van der Waals surface area contributed by atoms with Gasteiger partial charge in [-0.3, -0.25) is 0 Å². The first-order chi connectivity index (χ1) is 18.2. The summed E-state index contributed by atoms with van der Waals surface area (Å²) in [5.41, 5.74) is 2.19. The van der Waals surface area contributed by atoms with Crippen LogP contribution < -0.4 is 10.1 Å². The van der Waals surface area contributed by atoms with Crippen LogP contribution >= 0.6 is 0 Å². The molecule has 1 atom stereocenters. The van der Waals surface area contributed by atoms with Gasteiger partial charge in [-0.25, -0.2) is 18.3 Å². The minimum absolute atomic E-state index is 0.0517. The van der Waals surface area contributed by atoms with Crippen molar-refractivity contribution in [3.8, 4) is 17.0 Å². The van der Waals surface area contributed by atoms with Crippen LogP contribution in [0.2, 0.25) is 0 Å². The van der Waals surface area contributed by atoms with Crippen molar-refractivity contribution < 1.29 is 30.8 Å². The Hall–Kier alpha value is -3.48. The summed E-state index contributed by atoms with van der Waals surface area (Å²) in [6.07, 6.45) is -3.03. The minimum Gasteiger partial charge on any atom is -0.479 e. The summed E-state index contributed by atoms with van der Waals surface area (Å²) < 4.78 is 99.2. The average Bonchev–Trinajstić information content (AvgIpc) is 3.38. The highest BCUT2D eigenvalue weighted by Crippen LogP contribution is 2.35. The number of piperidine rings is 1. The molecule has 3 aromatic heterocycles. The van der Waals surface area contributed by atoms with E-state index in [0.29, 0.717) is 27.7 Å². The van der Waals surface area contributed by atoms with Gasteiger partial charge in [0.05, 0.1) is 30.7 Å². The molecule has 13 heteroatoms. The monoisotopic (exact) mass is 512 g/mol. The maximum atomic E-state index is 14.8. The zero-order valence-corrected chi connectivity index (χ0v) is 19.3. The van der Waals surface area contributed by atoms with E-state index in [2.05, 4.69) is 20.4 Å². The molecule has 5 rings (SSSR count). The molecule has 0 bridgehead atoms. The SMILES string of the molecule is [2H]C([2H])([2H])N1CC[C@@H](Nc2nc(OC)c3c(-c4ccc5nc(C)n(CC(F)(F)F)c5c4)ccn3n2)C(F)(F)C1. The summed E-state index contributed by atoms with van der Waals surface area (Å²) in [6, 6.07) is 5.16. The molecule has 1 N–H and O–H groups in total. The van der Waals surface area contributed by atoms with E-state index in [4.69, 9.17) is 8.85 Å². The molecule has 0 amide bonds. The van der Waals surface area contributed by atoms with E-state index >= 15 is 0 Å². The molecule has 192 valence electrons. The Kier molecular flexibility index (Phi) is 4.93. The van der Waals surface area contributed by atoms with E-state index < -0.39 is 38.2 Å². The largest absolute Gasteiger partial charge is 0.479 e. The van der Waals surface area contributed by atoms with Gasteiger partial charge >= 0.3 is 6.18 Å². The molecule has 8 nitrogen and oxygen atoms in total. The van der Waals surface area contributed by atoms with E-state index in [9.17, 15) is 22.0 Å². The van der Waals surface area contributed by atoms with Crippen molar-refractivity contribution in [3.63, 3.8) is 0 Å². The number of aromatic nitrogens is 5. The van der Waals surface area contributed by atoms with Gasteiger partial charge in [0.1, 0.15) is 17.9 Å². The Balaban J connectivity index is 1.49. The normalized spacial score (nSPS) is 20.3. The van der Waals surface area contributed by atoms with Gasteiger partial charge in [0, 0.05) is 22.4 Å². The number of rotatable bonds is 5. The minimum atomic E-state index is -4.43. The third kappa shape index (κ3) is 4.43. The third-order valence-electron chi connectivity index (χ3n) is 6.16. The van der Waals surface area contributed by atoms with Crippen molar-refractivity contribution in [2.45, 2.75) is 38.0 Å². The lowest BCUT2D eigenvalue weighted by atomic mass is 10.0. The molecule has 1 saturated heterocycles. The smallest absolute Gasteiger partial charge is 0.406 e. The molecule has 0 spiro atoms. The molecule has 4 aromatic rings. The van der Waals surface area contributed by atoms with E-state index in [1.165, 1.54) is 18.5 Å². The maximum absolute atomic E-state index is 14.8. The molecule has 1 aliphatic rings. The number of imidazole rings is 1. The average molecular weight is 513 g/mol. The van der Waals surface area contributed by atoms with Crippen LogP contribution in [0, 0.1) is 6.92 Å². The van der Waals surface area contributed by atoms with Gasteiger partial charge in [0.15, 0.2) is 0 Å². The van der Waals surface area contributed by atoms with Gasteiger partial charge in [-0.2, -0.15) is 18.2 Å². The number of benzene rings is 1. The molecule has 0 radical (unpaired) electrons. The lowest BCUT2D eigenvalue weighted by Crippen LogP contribution is -2.53. The topological polar surface area (TPSA) is 72.5 Å². The fourth-order valence-corrected chi connectivity index (χ4v) is 4.49. The summed E-state index contributed by atoms with van der Waals surface area (Å²) in [6.45, 7) is -3.32. The molecule has 0 aliphatic carbocycles. The lowest BCUT2D eigenvalue weighted by molar-refractivity contribution is -0.140. The molecule has 1 fully saturated rings. The lowest BCUT2D eigenvalue weighted by Gasteiger charge is -2.36. The number of aryl methyl sites for hydroxylation is 1. The predicted molar refractivity (Wildman–Crippen MR) is 124 cm³/mol. The first-order valence-electron chi connectivity index (χ1n) is 12.5. The van der Waals surface area contributed by atoms with Crippen LogP contribution in [0.1, 0.15) is 16.4 Å². The number of hydrogen-bond acceptors (Lipinski definition) is 6. The van der Waals surface area contributed by atoms with E-state index in [-0.39, 0.29) is 30.6 Å². The van der Waals surface area contributed by atoms with Gasteiger partial charge < -0.3 is 19.5 Å². The van der Waals surface area contributed by atoms with Crippen LogP contribution in [-0.2, 0) is 6.54 Å². The fourth-order valence-electron chi connectivity index (χ4n) is 4.49. The van der Waals surface area contributed by atoms with Gasteiger partial charge in [-0.1, -0.05) is 6.07 Å². The maximum Gasteiger partial charge on any atom is 0.406 e. The highest BCUT2D eigenvalue weighted by Gasteiger charge is 2.44. The fraction of sp³-hybridized carbons (Fsp3) is 0.435. The molecule has 0 unspecified atom stereocenters. The van der Waals surface area contributed by atoms with Gasteiger partial charge in [0.2, 0.25) is 11.8 Å². The first kappa shape index (κ1) is 20.7. The van der Waals surface area contributed by atoms with Crippen LogP contribution in [0.15, 0.2) is 30.5 Å². The Morgan fingerprint density at radius 2 is 2.06 bits per heavy atom. The molecule has 0 saturated carbocycles. The zero-order valence-electron chi connectivity index (χ0n) is 22.3. The van der Waals surface area contributed by atoms with Crippen LogP contribution in [0.5, 0.6) is 5.88 Å². The summed E-state index contributed by atoms with van der Waals surface area (Å²) >= 11 is 0. The Morgan fingerprint density at radius 1 is 1.25 bits per heavy atom. The highest BCUT2D eigenvalue weighted by molar-refractivity contribution is 5.89. The molecule has 36 heavy (non-hydrogen) atoms. The summed E-state index contributed by atoms with van der Waals surface area (Å²) in [5, 5.41) is 6.89. The number of ether oxygens (including phenoxy) is 1. The summed E-state index contributed by atoms with van der Waals surface area (Å²) in [5.74, 6) is -3.24. The number of hydrogen-bond donors (Lipinski definition) is 1. The van der Waals surface area contributed by atoms with E-state index in [0.717, 1.165) is 9.47 Å². The second-order valence-corrected chi connectivity index (χ2v) is 8.70. The van der Waals surface area contributed by atoms with Crippen LogP contribution in [-0.4, -0.2) is 74.4 Å². The van der Waals surface area contributed by atoms with Gasteiger partial charge in [-0.05, 0) is 44.1 Å². The van der Waals surface area contributed by atoms with Crippen molar-refractivity contribution in [1.29, 1.82) is 0 Å². The predicted octanol–water partition coefficient (Wildman–Crippen LogP) is 4.38.